The molecule has 0 saturated heterocycles. The summed E-state index contributed by atoms with van der Waals surface area (Å²) < 4.78 is 0. The highest BCUT2D eigenvalue weighted by molar-refractivity contribution is 7.99. The van der Waals surface area contributed by atoms with Gasteiger partial charge < -0.3 is 5.32 Å². The molecule has 0 aliphatic heterocycles. The molecule has 0 atom stereocenters. The van der Waals surface area contributed by atoms with E-state index in [2.05, 4.69) is 20.8 Å². The van der Waals surface area contributed by atoms with Crippen molar-refractivity contribution in [1.29, 1.82) is 0 Å². The van der Waals surface area contributed by atoms with E-state index in [0.29, 0.717) is 22.8 Å². The summed E-state index contributed by atoms with van der Waals surface area (Å²) in [6.45, 7) is 3.56. The fourth-order valence-electron chi connectivity index (χ4n) is 3.22. The third-order valence-electron chi connectivity index (χ3n) is 4.78. The van der Waals surface area contributed by atoms with Crippen LogP contribution >= 0.6 is 11.8 Å². The van der Waals surface area contributed by atoms with Crippen LogP contribution in [0.4, 0.5) is 10.5 Å². The molecule has 3 N–H and O–H groups in total. The first-order valence-corrected chi connectivity index (χ1v) is 11.0. The van der Waals surface area contributed by atoms with Gasteiger partial charge in [0.05, 0.1) is 39.6 Å². The molecule has 162 valence electrons. The van der Waals surface area contributed by atoms with E-state index in [9.17, 15) is 9.59 Å². The van der Waals surface area contributed by atoms with E-state index >= 15 is 0 Å². The molecular weight excluding hydrogens is 424 g/mol. The van der Waals surface area contributed by atoms with Gasteiger partial charge in [0, 0.05) is 6.42 Å². The van der Waals surface area contributed by atoms with Gasteiger partial charge in [-0.1, -0.05) is 54.2 Å². The summed E-state index contributed by atoms with van der Waals surface area (Å²) >= 11 is 1.26. The van der Waals surface area contributed by atoms with E-state index < -0.39 is 11.9 Å². The summed E-state index contributed by atoms with van der Waals surface area (Å²) in [5, 5.41) is 12.5. The molecule has 8 nitrogen and oxygen atoms in total. The summed E-state index contributed by atoms with van der Waals surface area (Å²) in [4.78, 5) is 34.1. The number of thioether (sulfide) groups is 1. The first-order valence-electron chi connectivity index (χ1n) is 10.0. The minimum atomic E-state index is -0.600. The molecule has 2 heterocycles. The Hall–Kier alpha value is -3.72. The quantitative estimate of drug-likeness (QED) is 0.386. The maximum Gasteiger partial charge on any atom is 0.326 e. The highest BCUT2D eigenvalue weighted by Crippen LogP contribution is 2.24. The van der Waals surface area contributed by atoms with Gasteiger partial charge in [0.25, 0.3) is 0 Å². The second-order valence-corrected chi connectivity index (χ2v) is 8.19. The molecule has 0 radical (unpaired) electrons. The number of aromatic amines is 1. The zero-order chi connectivity index (χ0) is 22.5. The number of aryl methyl sites for hydroxylation is 2. The number of fused-ring (bicyclic) bond motifs is 1. The first-order chi connectivity index (χ1) is 15.5. The summed E-state index contributed by atoms with van der Waals surface area (Å²) in [6, 6.07) is 17.0. The van der Waals surface area contributed by atoms with Crippen molar-refractivity contribution in [2.24, 2.45) is 0 Å². The van der Waals surface area contributed by atoms with Gasteiger partial charge >= 0.3 is 6.03 Å². The molecule has 0 aliphatic rings. The van der Waals surface area contributed by atoms with Crippen molar-refractivity contribution >= 4 is 40.4 Å². The lowest BCUT2D eigenvalue weighted by Crippen LogP contribution is -2.35. The molecule has 3 amide bonds. The highest BCUT2D eigenvalue weighted by Gasteiger charge is 2.15. The fraction of sp³-hybridized carbons (Fsp3) is 0.174. The van der Waals surface area contributed by atoms with Gasteiger partial charge in [-0.05, 0) is 31.5 Å². The van der Waals surface area contributed by atoms with Crippen LogP contribution in [0.15, 0.2) is 59.6 Å². The SMILES string of the molecule is Cc1n[nH]c(C)c1NC(=O)NC(=O)CSc1nc2ccccc2nc1Cc1ccccc1. The zero-order valence-corrected chi connectivity index (χ0v) is 18.5. The number of carbonyl (C=O) groups excluding carboxylic acids is 2. The third kappa shape index (κ3) is 5.12. The Kier molecular flexibility index (Phi) is 6.46. The predicted octanol–water partition coefficient (Wildman–Crippen LogP) is 4.00. The molecule has 4 aromatic rings. The van der Waals surface area contributed by atoms with Crippen molar-refractivity contribution < 1.29 is 9.59 Å². The largest absolute Gasteiger partial charge is 0.326 e. The number of anilines is 1. The van der Waals surface area contributed by atoms with Gasteiger partial charge in [-0.3, -0.25) is 15.2 Å². The summed E-state index contributed by atoms with van der Waals surface area (Å²) in [7, 11) is 0. The van der Waals surface area contributed by atoms with Gasteiger partial charge in [-0.15, -0.1) is 0 Å². The molecule has 32 heavy (non-hydrogen) atoms. The molecule has 0 spiro atoms. The fourth-order valence-corrected chi connectivity index (χ4v) is 4.00. The van der Waals surface area contributed by atoms with E-state index in [0.717, 1.165) is 28.0 Å². The number of urea groups is 1. The Balaban J connectivity index is 1.46. The summed E-state index contributed by atoms with van der Waals surface area (Å²) in [5.41, 5.74) is 5.39. The van der Waals surface area contributed by atoms with Crippen LogP contribution < -0.4 is 10.6 Å². The maximum absolute atomic E-state index is 12.4. The number of hydrogen-bond donors (Lipinski definition) is 3. The van der Waals surface area contributed by atoms with E-state index in [1.165, 1.54) is 11.8 Å². The normalized spacial score (nSPS) is 10.8. The number of nitrogens with zero attached hydrogens (tertiary/aromatic N) is 3. The Morgan fingerprint density at radius 1 is 0.969 bits per heavy atom. The third-order valence-corrected chi connectivity index (χ3v) is 5.79. The van der Waals surface area contributed by atoms with E-state index in [1.54, 1.807) is 13.8 Å². The predicted molar refractivity (Wildman–Crippen MR) is 125 cm³/mol. The van der Waals surface area contributed by atoms with Crippen LogP contribution in [0.2, 0.25) is 0 Å². The summed E-state index contributed by atoms with van der Waals surface area (Å²) in [5.74, 6) is -0.391. The van der Waals surface area contributed by atoms with Crippen LogP contribution in [0.25, 0.3) is 11.0 Å². The van der Waals surface area contributed by atoms with Crippen LogP contribution in [0.1, 0.15) is 22.6 Å². The van der Waals surface area contributed by atoms with Crippen molar-refractivity contribution in [3.8, 4) is 0 Å². The molecular formula is C23H22N6O2S. The van der Waals surface area contributed by atoms with Crippen molar-refractivity contribution in [1.82, 2.24) is 25.5 Å². The van der Waals surface area contributed by atoms with Gasteiger partial charge in [-0.2, -0.15) is 5.10 Å². The van der Waals surface area contributed by atoms with E-state index in [-0.39, 0.29) is 5.75 Å². The number of aromatic nitrogens is 4. The molecule has 0 saturated carbocycles. The first kappa shape index (κ1) is 21.5. The molecule has 0 bridgehead atoms. The van der Waals surface area contributed by atoms with Gasteiger partial charge in [0.2, 0.25) is 5.91 Å². The maximum atomic E-state index is 12.4. The number of rotatable bonds is 6. The zero-order valence-electron chi connectivity index (χ0n) is 17.7. The number of benzene rings is 2. The summed E-state index contributed by atoms with van der Waals surface area (Å²) in [6.07, 6.45) is 0.599. The molecule has 9 heteroatoms. The van der Waals surface area contributed by atoms with Crippen LogP contribution in [-0.4, -0.2) is 37.9 Å². The average molecular weight is 447 g/mol. The standard InChI is InChI=1S/C23H22N6O2S/c1-14-21(15(2)29-28-14)27-23(31)26-20(30)13-32-22-19(12-16-8-4-3-5-9-16)24-17-10-6-7-11-18(17)25-22/h3-11H,12-13H2,1-2H3,(H,28,29)(H2,26,27,30,31). The Morgan fingerprint density at radius 3 is 2.34 bits per heavy atom. The van der Waals surface area contributed by atoms with Crippen LogP contribution in [0.3, 0.4) is 0 Å². The van der Waals surface area contributed by atoms with Crippen molar-refractivity contribution in [3.05, 3.63) is 77.2 Å². The molecule has 4 rings (SSSR count). The van der Waals surface area contributed by atoms with Crippen molar-refractivity contribution in [2.75, 3.05) is 11.1 Å². The number of H-pyrrole nitrogens is 1. The lowest BCUT2D eigenvalue weighted by Gasteiger charge is -2.10. The number of imide groups is 1. The van der Waals surface area contributed by atoms with Gasteiger partial charge in [0.1, 0.15) is 5.03 Å². The van der Waals surface area contributed by atoms with Crippen molar-refractivity contribution in [3.63, 3.8) is 0 Å². The monoisotopic (exact) mass is 446 g/mol. The smallest absolute Gasteiger partial charge is 0.304 e. The Labute approximate surface area is 189 Å². The number of hydrogen-bond acceptors (Lipinski definition) is 6. The minimum Gasteiger partial charge on any atom is -0.304 e. The van der Waals surface area contributed by atoms with Gasteiger partial charge in [-0.25, -0.2) is 14.8 Å². The molecule has 2 aromatic carbocycles. The number of para-hydroxylation sites is 2. The minimum absolute atomic E-state index is 0.0333. The Morgan fingerprint density at radius 2 is 1.66 bits per heavy atom. The number of amides is 3. The molecule has 0 unspecified atom stereocenters. The molecule has 0 aliphatic carbocycles. The topological polar surface area (TPSA) is 113 Å². The molecule has 2 aromatic heterocycles. The number of nitrogens with one attached hydrogen (secondary N) is 3. The lowest BCUT2D eigenvalue weighted by molar-refractivity contribution is -0.117. The van der Waals surface area contributed by atoms with Gasteiger partial charge in [0.15, 0.2) is 0 Å². The van der Waals surface area contributed by atoms with Crippen LogP contribution in [0.5, 0.6) is 0 Å². The van der Waals surface area contributed by atoms with Crippen LogP contribution in [-0.2, 0) is 11.2 Å². The van der Waals surface area contributed by atoms with E-state index in [1.807, 2.05) is 54.6 Å². The molecule has 0 fully saturated rings. The second kappa shape index (κ2) is 9.61. The van der Waals surface area contributed by atoms with E-state index in [4.69, 9.17) is 9.97 Å². The average Bonchev–Trinajstić information content (AvgIpc) is 3.10. The van der Waals surface area contributed by atoms with Crippen LogP contribution in [0, 0.1) is 13.8 Å². The highest BCUT2D eigenvalue weighted by atomic mass is 32.2. The Bertz CT molecular complexity index is 1250. The van der Waals surface area contributed by atoms with Crippen molar-refractivity contribution in [2.45, 2.75) is 25.3 Å². The number of carbonyl (C=O) groups is 2. The second-order valence-electron chi connectivity index (χ2n) is 7.23. The lowest BCUT2D eigenvalue weighted by atomic mass is 10.1.